The Bertz CT molecular complexity index is 1070. The van der Waals surface area contributed by atoms with E-state index in [0.717, 1.165) is 22.4 Å². The average Bonchev–Trinajstić information content (AvgIpc) is 3.03. The summed E-state index contributed by atoms with van der Waals surface area (Å²) < 4.78 is 17.0. The van der Waals surface area contributed by atoms with Crippen molar-refractivity contribution in [3.8, 4) is 11.5 Å². The van der Waals surface area contributed by atoms with Gasteiger partial charge < -0.3 is 24.4 Å². The van der Waals surface area contributed by atoms with Gasteiger partial charge in [-0.15, -0.1) is 0 Å². The molecule has 32 heavy (non-hydrogen) atoms. The Balaban J connectivity index is 1.38. The summed E-state index contributed by atoms with van der Waals surface area (Å²) in [6, 6.07) is 21.5. The lowest BCUT2D eigenvalue weighted by Crippen LogP contribution is -2.36. The zero-order chi connectivity index (χ0) is 22.3. The van der Waals surface area contributed by atoms with Gasteiger partial charge in [0.05, 0.1) is 33.4 Å². The first-order valence-electron chi connectivity index (χ1n) is 10.7. The predicted molar refractivity (Wildman–Crippen MR) is 124 cm³/mol. The van der Waals surface area contributed by atoms with Crippen LogP contribution in [0.25, 0.3) is 0 Å². The largest absolute Gasteiger partial charge is 0.497 e. The Labute approximate surface area is 188 Å². The molecule has 0 saturated carbocycles. The second-order valence-electron chi connectivity index (χ2n) is 7.85. The van der Waals surface area contributed by atoms with E-state index in [1.165, 1.54) is 5.56 Å². The van der Waals surface area contributed by atoms with Gasteiger partial charge in [0.15, 0.2) is 0 Å². The van der Waals surface area contributed by atoms with Crippen molar-refractivity contribution in [2.45, 2.75) is 26.7 Å². The van der Waals surface area contributed by atoms with E-state index in [1.807, 2.05) is 30.3 Å². The number of hydrogen-bond donors (Lipinski definition) is 1. The highest BCUT2D eigenvalue weighted by Gasteiger charge is 2.20. The number of carbonyl (C=O) groups is 1. The molecule has 1 aliphatic heterocycles. The van der Waals surface area contributed by atoms with Crippen molar-refractivity contribution >= 4 is 11.7 Å². The van der Waals surface area contributed by atoms with Crippen LogP contribution in [0, 0.1) is 6.92 Å². The average molecular weight is 433 g/mol. The summed E-state index contributed by atoms with van der Waals surface area (Å²) in [6.45, 7) is 4.55. The molecule has 3 aromatic rings. The second-order valence-corrected chi connectivity index (χ2v) is 7.85. The molecule has 6 nitrogen and oxygen atoms in total. The number of anilines is 1. The van der Waals surface area contributed by atoms with Crippen LogP contribution in [0.1, 0.15) is 22.3 Å². The lowest BCUT2D eigenvalue weighted by atomic mass is 10.1. The van der Waals surface area contributed by atoms with Crippen molar-refractivity contribution in [1.29, 1.82) is 0 Å². The van der Waals surface area contributed by atoms with Crippen LogP contribution in [0.15, 0.2) is 66.7 Å². The van der Waals surface area contributed by atoms with Crippen LogP contribution in [0.4, 0.5) is 10.5 Å². The molecule has 0 saturated heterocycles. The number of carbonyl (C=O) groups excluding carboxylic acids is 1. The third-order valence-electron chi connectivity index (χ3n) is 5.37. The first-order valence-corrected chi connectivity index (χ1v) is 10.7. The maximum atomic E-state index is 12.9. The Kier molecular flexibility index (Phi) is 6.92. The standard InChI is InChI=1S/C26H28N2O4/c1-19-6-8-20(9-7-19)17-31-18-21-10-11-25-22(14-21)16-28(12-13-32-25)26(29)27-23-4-3-5-24(15-23)30-2/h3-11,14-15H,12-13,16-18H2,1-2H3,(H,27,29). The molecule has 3 aromatic carbocycles. The summed E-state index contributed by atoms with van der Waals surface area (Å²) in [5.41, 5.74) is 5.10. The highest BCUT2D eigenvalue weighted by Crippen LogP contribution is 2.26. The Morgan fingerprint density at radius 2 is 1.81 bits per heavy atom. The van der Waals surface area contributed by atoms with Gasteiger partial charge in [0.1, 0.15) is 18.1 Å². The molecule has 1 N–H and O–H groups in total. The van der Waals surface area contributed by atoms with E-state index < -0.39 is 0 Å². The summed E-state index contributed by atoms with van der Waals surface area (Å²) in [6.07, 6.45) is 0. The molecule has 1 aliphatic rings. The number of ether oxygens (including phenoxy) is 3. The summed E-state index contributed by atoms with van der Waals surface area (Å²) in [5, 5.41) is 2.94. The van der Waals surface area contributed by atoms with E-state index in [4.69, 9.17) is 14.2 Å². The number of rotatable bonds is 6. The van der Waals surface area contributed by atoms with Crippen LogP contribution < -0.4 is 14.8 Å². The molecule has 0 bridgehead atoms. The number of aryl methyl sites for hydroxylation is 1. The SMILES string of the molecule is COc1cccc(NC(=O)N2CCOc3ccc(COCc4ccc(C)cc4)cc3C2)c1. The molecule has 0 unspecified atom stereocenters. The number of methoxy groups -OCH3 is 1. The van der Waals surface area contributed by atoms with Crippen molar-refractivity contribution in [2.75, 3.05) is 25.6 Å². The number of amides is 2. The molecule has 1 heterocycles. The molecule has 0 aliphatic carbocycles. The molecule has 2 amide bonds. The van der Waals surface area contributed by atoms with Gasteiger partial charge >= 0.3 is 6.03 Å². The fourth-order valence-corrected chi connectivity index (χ4v) is 3.59. The van der Waals surface area contributed by atoms with E-state index in [9.17, 15) is 4.79 Å². The minimum atomic E-state index is -0.171. The second kappa shape index (κ2) is 10.2. The number of nitrogens with zero attached hydrogens (tertiary/aromatic N) is 1. The molecular formula is C26H28N2O4. The minimum Gasteiger partial charge on any atom is -0.497 e. The summed E-state index contributed by atoms with van der Waals surface area (Å²) in [5.74, 6) is 1.51. The van der Waals surface area contributed by atoms with Crippen LogP contribution in [-0.4, -0.2) is 31.2 Å². The lowest BCUT2D eigenvalue weighted by Gasteiger charge is -2.20. The van der Waals surface area contributed by atoms with Crippen LogP contribution in [0.5, 0.6) is 11.5 Å². The third-order valence-corrected chi connectivity index (χ3v) is 5.37. The fourth-order valence-electron chi connectivity index (χ4n) is 3.59. The molecule has 0 radical (unpaired) electrons. The van der Waals surface area contributed by atoms with Crippen LogP contribution in [0.2, 0.25) is 0 Å². The minimum absolute atomic E-state index is 0.171. The smallest absolute Gasteiger partial charge is 0.322 e. The van der Waals surface area contributed by atoms with Crippen LogP contribution in [0.3, 0.4) is 0 Å². The van der Waals surface area contributed by atoms with Gasteiger partial charge in [-0.1, -0.05) is 42.0 Å². The molecule has 166 valence electrons. The van der Waals surface area contributed by atoms with E-state index in [2.05, 4.69) is 42.6 Å². The van der Waals surface area contributed by atoms with E-state index >= 15 is 0 Å². The maximum Gasteiger partial charge on any atom is 0.322 e. The van der Waals surface area contributed by atoms with Gasteiger partial charge in [0.2, 0.25) is 0 Å². The first kappa shape index (κ1) is 21.7. The van der Waals surface area contributed by atoms with Crippen molar-refractivity contribution in [3.05, 3.63) is 89.0 Å². The normalized spacial score (nSPS) is 13.0. The highest BCUT2D eigenvalue weighted by molar-refractivity contribution is 5.89. The Hall–Kier alpha value is -3.51. The summed E-state index contributed by atoms with van der Waals surface area (Å²) in [7, 11) is 1.60. The number of urea groups is 1. The number of hydrogen-bond acceptors (Lipinski definition) is 4. The summed E-state index contributed by atoms with van der Waals surface area (Å²) in [4.78, 5) is 14.6. The van der Waals surface area contributed by atoms with Crippen molar-refractivity contribution in [1.82, 2.24) is 4.90 Å². The molecule has 4 rings (SSSR count). The molecule has 0 aromatic heterocycles. The lowest BCUT2D eigenvalue weighted by molar-refractivity contribution is 0.107. The number of benzene rings is 3. The van der Waals surface area contributed by atoms with Crippen molar-refractivity contribution in [3.63, 3.8) is 0 Å². The zero-order valence-corrected chi connectivity index (χ0v) is 18.5. The Morgan fingerprint density at radius 1 is 1.03 bits per heavy atom. The molecule has 0 atom stereocenters. The Morgan fingerprint density at radius 3 is 2.62 bits per heavy atom. The van der Waals surface area contributed by atoms with E-state index in [-0.39, 0.29) is 6.03 Å². The topological polar surface area (TPSA) is 60.0 Å². The van der Waals surface area contributed by atoms with E-state index in [1.54, 1.807) is 18.1 Å². The van der Waals surface area contributed by atoms with Gasteiger partial charge in [-0.3, -0.25) is 0 Å². The van der Waals surface area contributed by atoms with E-state index in [0.29, 0.717) is 44.3 Å². The molecular weight excluding hydrogens is 404 g/mol. The fraction of sp³-hybridized carbons (Fsp3) is 0.269. The zero-order valence-electron chi connectivity index (χ0n) is 18.5. The van der Waals surface area contributed by atoms with Gasteiger partial charge in [-0.05, 0) is 42.3 Å². The number of fused-ring (bicyclic) bond motifs is 1. The highest BCUT2D eigenvalue weighted by atomic mass is 16.5. The summed E-state index contributed by atoms with van der Waals surface area (Å²) >= 11 is 0. The van der Waals surface area contributed by atoms with Gasteiger partial charge in [0, 0.05) is 17.3 Å². The van der Waals surface area contributed by atoms with Gasteiger partial charge in [-0.2, -0.15) is 0 Å². The van der Waals surface area contributed by atoms with Crippen LogP contribution in [-0.2, 0) is 24.5 Å². The maximum absolute atomic E-state index is 12.9. The van der Waals surface area contributed by atoms with Gasteiger partial charge in [0.25, 0.3) is 0 Å². The van der Waals surface area contributed by atoms with Crippen LogP contribution >= 0.6 is 0 Å². The first-order chi connectivity index (χ1) is 15.6. The monoisotopic (exact) mass is 432 g/mol. The van der Waals surface area contributed by atoms with Crippen molar-refractivity contribution in [2.24, 2.45) is 0 Å². The third kappa shape index (κ3) is 5.59. The predicted octanol–water partition coefficient (Wildman–Crippen LogP) is 5.15. The van der Waals surface area contributed by atoms with Gasteiger partial charge in [-0.25, -0.2) is 4.79 Å². The quantitative estimate of drug-likeness (QED) is 0.585. The molecule has 0 fully saturated rings. The molecule has 0 spiro atoms. The van der Waals surface area contributed by atoms with Crippen molar-refractivity contribution < 1.29 is 19.0 Å². The number of nitrogens with one attached hydrogen (secondary N) is 1. The molecule has 6 heteroatoms.